The third-order valence-corrected chi connectivity index (χ3v) is 5.17. The van der Waals surface area contributed by atoms with Crippen LogP contribution in [0.4, 0.5) is 4.39 Å². The summed E-state index contributed by atoms with van der Waals surface area (Å²) in [6.07, 6.45) is -3.36. The predicted octanol–water partition coefficient (Wildman–Crippen LogP) is 0.972. The summed E-state index contributed by atoms with van der Waals surface area (Å²) in [6.45, 7) is 0. The van der Waals surface area contributed by atoms with Crippen molar-refractivity contribution in [1.29, 1.82) is 0 Å². The van der Waals surface area contributed by atoms with Crippen molar-refractivity contribution in [2.45, 2.75) is 30.6 Å². The van der Waals surface area contributed by atoms with Crippen molar-refractivity contribution in [3.63, 3.8) is 0 Å². The van der Waals surface area contributed by atoms with Gasteiger partial charge in [0.1, 0.15) is 43.0 Å². The number of nitrogens with one attached hydrogen (secondary N) is 1. The highest BCUT2D eigenvalue weighted by Gasteiger charge is 2.47. The Kier molecular flexibility index (Phi) is 5.28. The van der Waals surface area contributed by atoms with E-state index in [0.717, 1.165) is 6.07 Å². The molecule has 0 radical (unpaired) electrons. The normalized spacial score (nSPS) is 26.2. The average molecular weight is 425 g/mol. The molecule has 5 atom stereocenters. The van der Waals surface area contributed by atoms with E-state index in [2.05, 4.69) is 15.1 Å². The summed E-state index contributed by atoms with van der Waals surface area (Å²) < 4.78 is 21.1. The molecule has 0 aliphatic carbocycles. The smallest absolute Gasteiger partial charge is 0.203 e. The zero-order chi connectivity index (χ0) is 20.7. The van der Waals surface area contributed by atoms with E-state index >= 15 is 0 Å². The molecule has 1 aliphatic rings. The quantitative estimate of drug-likeness (QED) is 0.462. The maximum absolute atomic E-state index is 13.7. The molecule has 29 heavy (non-hydrogen) atoms. The van der Waals surface area contributed by atoms with Crippen LogP contribution in [0.15, 0.2) is 41.9 Å². The predicted molar refractivity (Wildman–Crippen MR) is 98.9 cm³/mol. The van der Waals surface area contributed by atoms with E-state index in [-0.39, 0.29) is 10.6 Å². The molecule has 4 rings (SSSR count). The van der Waals surface area contributed by atoms with Gasteiger partial charge >= 0.3 is 0 Å². The number of hydrogen-bond donors (Lipinski definition) is 4. The van der Waals surface area contributed by atoms with E-state index in [1.807, 2.05) is 0 Å². The van der Waals surface area contributed by atoms with Gasteiger partial charge in [0, 0.05) is 6.20 Å². The first kappa shape index (κ1) is 19.8. The molecule has 9 nitrogen and oxygen atoms in total. The number of H-pyrrole nitrogens is 1. The minimum absolute atomic E-state index is 0.0908. The van der Waals surface area contributed by atoms with Crippen molar-refractivity contribution >= 4 is 22.6 Å². The van der Waals surface area contributed by atoms with Crippen molar-refractivity contribution in [2.75, 3.05) is 7.11 Å². The Balaban J connectivity index is 1.67. The molecule has 1 aliphatic heterocycles. The van der Waals surface area contributed by atoms with Gasteiger partial charge in [-0.2, -0.15) is 0 Å². The van der Waals surface area contributed by atoms with Crippen LogP contribution in [0.25, 0.3) is 11.0 Å². The molecule has 0 amide bonds. The Bertz CT molecular complexity index is 1100. The first-order valence-electron chi connectivity index (χ1n) is 8.68. The summed E-state index contributed by atoms with van der Waals surface area (Å²) in [7, 11) is 1.40. The van der Waals surface area contributed by atoms with Gasteiger partial charge in [0.2, 0.25) is 5.49 Å². The number of aromatic amines is 1. The minimum atomic E-state index is -1.42. The lowest BCUT2D eigenvalue weighted by molar-refractivity contribution is -0.0849. The van der Waals surface area contributed by atoms with E-state index in [9.17, 15) is 19.7 Å². The molecule has 0 saturated carbocycles. The molecule has 1 saturated heterocycles. The molecule has 0 spiro atoms. The topological polar surface area (TPSA) is 125 Å². The van der Waals surface area contributed by atoms with Crippen molar-refractivity contribution < 1.29 is 29.3 Å². The highest BCUT2D eigenvalue weighted by atomic mass is 35.5. The second kappa shape index (κ2) is 7.73. The lowest BCUT2D eigenvalue weighted by atomic mass is 9.99. The Morgan fingerprint density at radius 3 is 2.86 bits per heavy atom. The second-order valence-corrected chi connectivity index (χ2v) is 6.98. The zero-order valence-electron chi connectivity index (χ0n) is 15.1. The van der Waals surface area contributed by atoms with Gasteiger partial charge in [0.15, 0.2) is 6.23 Å². The van der Waals surface area contributed by atoms with Crippen LogP contribution < -0.4 is 5.49 Å². The zero-order valence-corrected chi connectivity index (χ0v) is 15.9. The third-order valence-electron chi connectivity index (χ3n) is 4.87. The largest absolute Gasteiger partial charge is 0.397 e. The molecular weight excluding hydrogens is 407 g/mol. The van der Waals surface area contributed by atoms with Crippen LogP contribution >= 0.6 is 11.6 Å². The van der Waals surface area contributed by atoms with Gasteiger partial charge in [0.05, 0.1) is 16.7 Å². The fourth-order valence-electron chi connectivity index (χ4n) is 3.44. The fraction of sp³-hybridized carbons (Fsp3) is 0.333. The molecule has 3 aromatic rings. The fourth-order valence-corrected chi connectivity index (χ4v) is 3.56. The van der Waals surface area contributed by atoms with Crippen LogP contribution in [0, 0.1) is 5.82 Å². The molecule has 1 aromatic carbocycles. The van der Waals surface area contributed by atoms with Crippen LogP contribution in [-0.4, -0.2) is 55.3 Å². The van der Waals surface area contributed by atoms with Gasteiger partial charge in [-0.05, 0) is 23.8 Å². The van der Waals surface area contributed by atoms with Crippen molar-refractivity contribution in [3.8, 4) is 0 Å². The highest BCUT2D eigenvalue weighted by Crippen LogP contribution is 2.37. The molecule has 1 fully saturated rings. The maximum atomic E-state index is 13.7. The monoisotopic (exact) mass is 424 g/mol. The minimum Gasteiger partial charge on any atom is -0.397 e. The first-order chi connectivity index (χ1) is 13.9. The van der Waals surface area contributed by atoms with E-state index in [4.69, 9.17) is 21.2 Å². The number of benzene rings is 1. The highest BCUT2D eigenvalue weighted by molar-refractivity contribution is 6.30. The van der Waals surface area contributed by atoms with E-state index in [0.29, 0.717) is 16.5 Å². The Morgan fingerprint density at radius 2 is 2.14 bits per heavy atom. The molecule has 154 valence electrons. The summed E-state index contributed by atoms with van der Waals surface area (Å²) in [6, 6.07) is 5.48. The first-order valence-corrected chi connectivity index (χ1v) is 9.06. The Morgan fingerprint density at radius 1 is 1.34 bits per heavy atom. The van der Waals surface area contributed by atoms with Gasteiger partial charge in [-0.3, -0.25) is 0 Å². The molecule has 2 aromatic heterocycles. The number of aliphatic hydroxyl groups excluding tert-OH is 3. The number of halogens is 2. The summed E-state index contributed by atoms with van der Waals surface area (Å²) in [5.41, 5.74) is 0.999. The average Bonchev–Trinajstić information content (AvgIpc) is 3.26. The summed E-state index contributed by atoms with van der Waals surface area (Å²) in [5.74, 6) is -0.708. The van der Waals surface area contributed by atoms with E-state index in [1.165, 1.54) is 25.6 Å². The second-order valence-electron chi connectivity index (χ2n) is 6.58. The lowest BCUT2D eigenvalue weighted by Crippen LogP contribution is -2.34. The number of rotatable bonds is 4. The Hall–Kier alpha value is -2.50. The summed E-state index contributed by atoms with van der Waals surface area (Å²) in [4.78, 5) is 11.8. The summed E-state index contributed by atoms with van der Waals surface area (Å²) in [5, 5.41) is 35.9. The number of aliphatic hydroxyl groups is 3. The number of ether oxygens (including phenoxy) is 1. The van der Waals surface area contributed by atoms with Gasteiger partial charge in [-0.25, -0.2) is 9.37 Å². The van der Waals surface area contributed by atoms with Gasteiger partial charge in [0.25, 0.3) is 0 Å². The molecule has 3 heterocycles. The maximum Gasteiger partial charge on any atom is 0.203 e. The molecule has 0 bridgehead atoms. The van der Waals surface area contributed by atoms with Gasteiger partial charge < -0.3 is 34.4 Å². The van der Waals surface area contributed by atoms with Crippen molar-refractivity contribution in [1.82, 2.24) is 14.5 Å². The summed E-state index contributed by atoms with van der Waals surface area (Å²) >= 11 is 5.67. The van der Waals surface area contributed by atoms with Crippen LogP contribution in [-0.2, 0) is 9.57 Å². The third kappa shape index (κ3) is 3.38. The number of aromatic nitrogens is 3. The number of fused-ring (bicyclic) bond motifs is 1. The molecule has 0 unspecified atom stereocenters. The van der Waals surface area contributed by atoms with Crippen LogP contribution in [0.1, 0.15) is 17.9 Å². The van der Waals surface area contributed by atoms with Crippen LogP contribution in [0.2, 0.25) is 5.02 Å². The Labute approximate surface area is 168 Å². The van der Waals surface area contributed by atoms with Crippen LogP contribution in [0.5, 0.6) is 0 Å². The van der Waals surface area contributed by atoms with Crippen LogP contribution in [0.3, 0.4) is 0 Å². The lowest BCUT2D eigenvalue weighted by Gasteiger charge is -2.21. The molecule has 4 N–H and O–H groups in total. The van der Waals surface area contributed by atoms with Crippen molar-refractivity contribution in [3.05, 3.63) is 58.7 Å². The molecular formula is C18H18ClFN4O5. The van der Waals surface area contributed by atoms with E-state index < -0.39 is 36.5 Å². The van der Waals surface area contributed by atoms with Gasteiger partial charge in [-0.1, -0.05) is 22.8 Å². The number of hydrogen-bond acceptors (Lipinski definition) is 7. The SMILES string of the molecule is CO/N=c1/nc[nH]c2c1ccn2[C@@H]1O[C@H]([C@H](O)c2ccc(Cl)c(F)c2)[C@@H](O)[C@H]1O. The van der Waals surface area contributed by atoms with Gasteiger partial charge in [-0.15, -0.1) is 0 Å². The van der Waals surface area contributed by atoms with E-state index in [1.54, 1.807) is 16.8 Å². The molecule has 11 heteroatoms. The standard InChI is InChI=1S/C18H18ClFN4O5/c1-28-23-16-9-4-5-24(17(9)22-7-21-16)18-14(27)13(26)15(29-18)12(25)8-2-3-10(19)11(20)6-8/h2-7,12-15,18,25-27H,1H3,(H,21,22,23)/t12-,13+,14-,15-,18-/m1/s1. The van der Waals surface area contributed by atoms with Crippen molar-refractivity contribution in [2.24, 2.45) is 5.16 Å². The number of nitrogens with zero attached hydrogens (tertiary/aromatic N) is 3.